The van der Waals surface area contributed by atoms with E-state index in [4.69, 9.17) is 5.73 Å². The van der Waals surface area contributed by atoms with E-state index in [0.717, 1.165) is 11.4 Å². The van der Waals surface area contributed by atoms with Crippen molar-refractivity contribution in [2.45, 2.75) is 26.7 Å². The van der Waals surface area contributed by atoms with E-state index >= 15 is 0 Å². The van der Waals surface area contributed by atoms with Crippen LogP contribution in [0.15, 0.2) is 36.4 Å². The van der Waals surface area contributed by atoms with Gasteiger partial charge >= 0.3 is 0 Å². The third kappa shape index (κ3) is 3.35. The maximum Gasteiger partial charge on any atom is 0.255 e. The molecule has 4 nitrogen and oxygen atoms in total. The van der Waals surface area contributed by atoms with Crippen LogP contribution >= 0.6 is 0 Å². The predicted molar refractivity (Wildman–Crippen MR) is 81.9 cm³/mol. The summed E-state index contributed by atoms with van der Waals surface area (Å²) in [5, 5.41) is 2.89. The molecule has 1 aromatic carbocycles. The van der Waals surface area contributed by atoms with Crippen LogP contribution in [-0.4, -0.2) is 10.9 Å². The summed E-state index contributed by atoms with van der Waals surface area (Å²) in [5.74, 6) is 0.597. The van der Waals surface area contributed by atoms with E-state index in [2.05, 4.69) is 30.2 Å². The Hall–Kier alpha value is -2.36. The lowest BCUT2D eigenvalue weighted by atomic mass is 10.0. The number of carbonyl (C=O) groups is 1. The van der Waals surface area contributed by atoms with Crippen molar-refractivity contribution in [2.75, 3.05) is 11.1 Å². The van der Waals surface area contributed by atoms with Gasteiger partial charge in [0, 0.05) is 16.9 Å². The highest BCUT2D eigenvalue weighted by Crippen LogP contribution is 2.19. The van der Waals surface area contributed by atoms with E-state index in [9.17, 15) is 4.79 Å². The van der Waals surface area contributed by atoms with Crippen LogP contribution in [-0.2, 0) is 0 Å². The SMILES string of the molecule is Cc1cc(C(=O)Nc2cccc(C(C)C)c2)cc(N)n1. The minimum atomic E-state index is -0.178. The second-order valence-corrected chi connectivity index (χ2v) is 5.16. The van der Waals surface area contributed by atoms with Gasteiger partial charge in [0.2, 0.25) is 0 Å². The number of nitrogens with zero attached hydrogens (tertiary/aromatic N) is 1. The first-order valence-corrected chi connectivity index (χ1v) is 6.61. The number of carbonyl (C=O) groups excluding carboxylic acids is 1. The van der Waals surface area contributed by atoms with Crippen molar-refractivity contribution in [3.05, 3.63) is 53.2 Å². The molecule has 104 valence electrons. The molecule has 0 saturated carbocycles. The third-order valence-corrected chi connectivity index (χ3v) is 3.05. The summed E-state index contributed by atoms with van der Waals surface area (Å²) in [6, 6.07) is 11.2. The highest BCUT2D eigenvalue weighted by atomic mass is 16.1. The Morgan fingerprint density at radius 1 is 1.25 bits per heavy atom. The van der Waals surface area contributed by atoms with Gasteiger partial charge in [0.15, 0.2) is 0 Å². The highest BCUT2D eigenvalue weighted by molar-refractivity contribution is 6.04. The number of amides is 1. The summed E-state index contributed by atoms with van der Waals surface area (Å²) in [6.45, 7) is 6.05. The molecule has 2 rings (SSSR count). The maximum atomic E-state index is 12.2. The van der Waals surface area contributed by atoms with Crippen molar-refractivity contribution in [1.29, 1.82) is 0 Å². The van der Waals surface area contributed by atoms with Crippen molar-refractivity contribution in [1.82, 2.24) is 4.98 Å². The number of anilines is 2. The van der Waals surface area contributed by atoms with Gasteiger partial charge in [-0.2, -0.15) is 0 Å². The number of aromatic nitrogens is 1. The Kier molecular flexibility index (Phi) is 4.03. The number of pyridine rings is 1. The second-order valence-electron chi connectivity index (χ2n) is 5.16. The van der Waals surface area contributed by atoms with Crippen LogP contribution in [0.2, 0.25) is 0 Å². The molecule has 0 aliphatic heterocycles. The Labute approximate surface area is 119 Å². The number of nitrogen functional groups attached to an aromatic ring is 1. The van der Waals surface area contributed by atoms with Crippen LogP contribution in [0.3, 0.4) is 0 Å². The molecule has 0 atom stereocenters. The summed E-state index contributed by atoms with van der Waals surface area (Å²) in [7, 11) is 0. The fourth-order valence-electron chi connectivity index (χ4n) is 2.00. The van der Waals surface area contributed by atoms with Crippen molar-refractivity contribution >= 4 is 17.4 Å². The molecular formula is C16H19N3O. The molecule has 4 heteroatoms. The standard InChI is InChI=1S/C16H19N3O/c1-10(2)12-5-4-6-14(8-12)19-16(20)13-7-11(3)18-15(17)9-13/h4-10H,1-3H3,(H2,17,18)(H,19,20). The molecule has 2 aromatic rings. The largest absolute Gasteiger partial charge is 0.384 e. The molecule has 20 heavy (non-hydrogen) atoms. The van der Waals surface area contributed by atoms with Gasteiger partial charge in [-0.3, -0.25) is 4.79 Å². The van der Waals surface area contributed by atoms with Gasteiger partial charge in [-0.25, -0.2) is 4.98 Å². The van der Waals surface area contributed by atoms with E-state index in [-0.39, 0.29) is 5.91 Å². The molecule has 0 saturated heterocycles. The van der Waals surface area contributed by atoms with E-state index in [1.54, 1.807) is 12.1 Å². The smallest absolute Gasteiger partial charge is 0.255 e. The molecule has 0 radical (unpaired) electrons. The molecule has 3 N–H and O–H groups in total. The zero-order valence-electron chi connectivity index (χ0n) is 12.0. The second kappa shape index (κ2) is 5.74. The maximum absolute atomic E-state index is 12.2. The molecule has 0 aliphatic carbocycles. The van der Waals surface area contributed by atoms with Crippen LogP contribution in [0.25, 0.3) is 0 Å². The van der Waals surface area contributed by atoms with Crippen LogP contribution in [0, 0.1) is 6.92 Å². The monoisotopic (exact) mass is 269 g/mol. The normalized spacial score (nSPS) is 10.6. The zero-order chi connectivity index (χ0) is 14.7. The highest BCUT2D eigenvalue weighted by Gasteiger charge is 2.09. The summed E-state index contributed by atoms with van der Waals surface area (Å²) in [4.78, 5) is 16.3. The van der Waals surface area contributed by atoms with Crippen molar-refractivity contribution in [3.63, 3.8) is 0 Å². The number of nitrogens with two attached hydrogens (primary N) is 1. The lowest BCUT2D eigenvalue weighted by Crippen LogP contribution is -2.13. The minimum Gasteiger partial charge on any atom is -0.384 e. The van der Waals surface area contributed by atoms with Gasteiger partial charge in [-0.1, -0.05) is 26.0 Å². The molecular weight excluding hydrogens is 250 g/mol. The topological polar surface area (TPSA) is 68.0 Å². The number of nitrogens with one attached hydrogen (secondary N) is 1. The number of hydrogen-bond donors (Lipinski definition) is 2. The Morgan fingerprint density at radius 3 is 2.65 bits per heavy atom. The molecule has 0 unspecified atom stereocenters. The van der Waals surface area contributed by atoms with Crippen molar-refractivity contribution in [3.8, 4) is 0 Å². The van der Waals surface area contributed by atoms with Crippen LogP contribution < -0.4 is 11.1 Å². The summed E-state index contributed by atoms with van der Waals surface area (Å²) >= 11 is 0. The first-order valence-electron chi connectivity index (χ1n) is 6.61. The molecule has 1 amide bonds. The summed E-state index contributed by atoms with van der Waals surface area (Å²) < 4.78 is 0. The number of aryl methyl sites for hydroxylation is 1. The van der Waals surface area contributed by atoms with Gasteiger partial charge in [0.05, 0.1) is 0 Å². The molecule has 0 aliphatic rings. The zero-order valence-corrected chi connectivity index (χ0v) is 12.0. The number of rotatable bonds is 3. The van der Waals surface area contributed by atoms with Gasteiger partial charge in [-0.15, -0.1) is 0 Å². The van der Waals surface area contributed by atoms with Crippen molar-refractivity contribution < 1.29 is 4.79 Å². The van der Waals surface area contributed by atoms with Gasteiger partial charge in [-0.05, 0) is 42.7 Å². The van der Waals surface area contributed by atoms with Gasteiger partial charge < -0.3 is 11.1 Å². The lowest BCUT2D eigenvalue weighted by molar-refractivity contribution is 0.102. The Balaban J connectivity index is 2.21. The number of benzene rings is 1. The quantitative estimate of drug-likeness (QED) is 0.897. The molecule has 1 aromatic heterocycles. The van der Waals surface area contributed by atoms with Crippen molar-refractivity contribution in [2.24, 2.45) is 0 Å². The van der Waals surface area contributed by atoms with Crippen LogP contribution in [0.1, 0.15) is 41.4 Å². The number of hydrogen-bond acceptors (Lipinski definition) is 3. The fourth-order valence-corrected chi connectivity index (χ4v) is 2.00. The average Bonchev–Trinajstić information content (AvgIpc) is 2.37. The molecule has 0 spiro atoms. The summed E-state index contributed by atoms with van der Waals surface area (Å²) in [5.41, 5.74) is 8.88. The van der Waals surface area contributed by atoms with Crippen LogP contribution in [0.4, 0.5) is 11.5 Å². The first kappa shape index (κ1) is 14.1. The Morgan fingerprint density at radius 2 is 2.00 bits per heavy atom. The van der Waals surface area contributed by atoms with Crippen LogP contribution in [0.5, 0.6) is 0 Å². The van der Waals surface area contributed by atoms with Gasteiger partial charge in [0.1, 0.15) is 5.82 Å². The van der Waals surface area contributed by atoms with E-state index in [1.165, 1.54) is 5.56 Å². The summed E-state index contributed by atoms with van der Waals surface area (Å²) in [6.07, 6.45) is 0. The molecule has 0 fully saturated rings. The van der Waals surface area contributed by atoms with Gasteiger partial charge in [0.25, 0.3) is 5.91 Å². The Bertz CT molecular complexity index is 615. The predicted octanol–water partition coefficient (Wildman–Crippen LogP) is 3.35. The van der Waals surface area contributed by atoms with E-state index in [1.807, 2.05) is 25.1 Å². The lowest BCUT2D eigenvalue weighted by Gasteiger charge is -2.10. The third-order valence-electron chi connectivity index (χ3n) is 3.05. The minimum absolute atomic E-state index is 0.178. The fraction of sp³-hybridized carbons (Fsp3) is 0.250. The van der Waals surface area contributed by atoms with E-state index < -0.39 is 0 Å². The molecule has 0 bridgehead atoms. The first-order chi connectivity index (χ1) is 9.45. The molecule has 1 heterocycles. The van der Waals surface area contributed by atoms with E-state index in [0.29, 0.717) is 17.3 Å². The average molecular weight is 269 g/mol.